The maximum atomic E-state index is 12.9. The first-order valence-corrected chi connectivity index (χ1v) is 10.5. The molecule has 0 N–H and O–H groups in total. The Morgan fingerprint density at radius 1 is 1.00 bits per heavy atom. The molecule has 0 unspecified atom stereocenters. The second-order valence-corrected chi connectivity index (χ2v) is 7.81. The number of para-hydroxylation sites is 1. The van der Waals surface area contributed by atoms with Crippen LogP contribution in [0, 0.1) is 11.3 Å². The van der Waals surface area contributed by atoms with Gasteiger partial charge >= 0.3 is 0 Å². The van der Waals surface area contributed by atoms with E-state index in [1.165, 1.54) is 0 Å². The third-order valence-corrected chi connectivity index (χ3v) is 5.59. The number of benzene rings is 2. The fourth-order valence-corrected chi connectivity index (χ4v) is 3.71. The highest BCUT2D eigenvalue weighted by molar-refractivity contribution is 5.94. The van der Waals surface area contributed by atoms with Crippen LogP contribution in [0.25, 0.3) is 0 Å². The molecule has 3 aromatic rings. The largest absolute Gasteiger partial charge is 0.457 e. The van der Waals surface area contributed by atoms with Crippen molar-refractivity contribution >= 4 is 11.8 Å². The van der Waals surface area contributed by atoms with Crippen molar-refractivity contribution < 1.29 is 13.9 Å². The van der Waals surface area contributed by atoms with Gasteiger partial charge in [0.05, 0.1) is 0 Å². The number of carbonyl (C=O) groups excluding carboxylic acids is 1. The second-order valence-electron chi connectivity index (χ2n) is 7.81. The predicted molar refractivity (Wildman–Crippen MR) is 114 cm³/mol. The van der Waals surface area contributed by atoms with Crippen LogP contribution >= 0.6 is 0 Å². The van der Waals surface area contributed by atoms with E-state index in [4.69, 9.17) is 9.15 Å². The van der Waals surface area contributed by atoms with Gasteiger partial charge in [0.1, 0.15) is 17.6 Å². The van der Waals surface area contributed by atoms with E-state index in [-0.39, 0.29) is 5.91 Å². The van der Waals surface area contributed by atoms with Crippen LogP contribution in [-0.4, -0.2) is 42.0 Å². The number of piperazine rings is 1. The predicted octanol–water partition coefficient (Wildman–Crippen LogP) is 4.18. The third kappa shape index (κ3) is 4.10. The lowest BCUT2D eigenvalue weighted by molar-refractivity contribution is 0.0745. The van der Waals surface area contributed by atoms with Gasteiger partial charge in [0.2, 0.25) is 17.5 Å². The molecule has 2 aromatic carbocycles. The van der Waals surface area contributed by atoms with Gasteiger partial charge in [0.25, 0.3) is 5.91 Å². The number of hydrogen-bond acceptors (Lipinski definition) is 6. The quantitative estimate of drug-likeness (QED) is 0.623. The molecule has 1 aliphatic heterocycles. The van der Waals surface area contributed by atoms with Gasteiger partial charge in [-0.15, -0.1) is 0 Å². The molecule has 1 aromatic heterocycles. The van der Waals surface area contributed by atoms with Crippen molar-refractivity contribution in [3.8, 4) is 17.6 Å². The molecular formula is C24H22N4O3. The zero-order chi connectivity index (χ0) is 21.2. The van der Waals surface area contributed by atoms with E-state index < -0.39 is 0 Å². The maximum Gasteiger partial charge on any atom is 0.253 e. The zero-order valence-electron chi connectivity index (χ0n) is 17.0. The lowest BCUT2D eigenvalue weighted by atomic mass is 10.1. The fraction of sp³-hybridized carbons (Fsp3) is 0.292. The van der Waals surface area contributed by atoms with Crippen molar-refractivity contribution in [3.63, 3.8) is 0 Å². The van der Waals surface area contributed by atoms with Crippen LogP contribution in [0.2, 0.25) is 0 Å². The minimum absolute atomic E-state index is 0.0114. The van der Waals surface area contributed by atoms with Crippen molar-refractivity contribution in [2.24, 2.45) is 0 Å². The van der Waals surface area contributed by atoms with Gasteiger partial charge < -0.3 is 19.0 Å². The molecule has 2 fully saturated rings. The first-order chi connectivity index (χ1) is 15.2. The molecule has 156 valence electrons. The number of hydrogen-bond donors (Lipinski definition) is 0. The molecule has 0 atom stereocenters. The molecule has 5 rings (SSSR count). The van der Waals surface area contributed by atoms with Crippen molar-refractivity contribution in [3.05, 3.63) is 71.7 Å². The summed E-state index contributed by atoms with van der Waals surface area (Å²) in [5.41, 5.74) is 0.970. The monoisotopic (exact) mass is 414 g/mol. The number of ether oxygens (including phenoxy) is 1. The van der Waals surface area contributed by atoms with Gasteiger partial charge in [0, 0.05) is 37.7 Å². The Kier molecular flexibility index (Phi) is 5.04. The van der Waals surface area contributed by atoms with E-state index in [9.17, 15) is 10.1 Å². The lowest BCUT2D eigenvalue weighted by Gasteiger charge is -2.34. The minimum atomic E-state index is -0.0114. The first kappa shape index (κ1) is 19.2. The van der Waals surface area contributed by atoms with Gasteiger partial charge in [-0.1, -0.05) is 18.2 Å². The third-order valence-electron chi connectivity index (χ3n) is 5.59. The Morgan fingerprint density at radius 2 is 1.68 bits per heavy atom. The van der Waals surface area contributed by atoms with Gasteiger partial charge in [0.15, 0.2) is 0 Å². The molecule has 1 saturated carbocycles. The molecule has 0 spiro atoms. The molecule has 7 heteroatoms. The van der Waals surface area contributed by atoms with E-state index in [1.807, 2.05) is 52.3 Å². The number of aromatic nitrogens is 1. The molecule has 2 aliphatic rings. The number of anilines is 1. The normalized spacial score (nSPS) is 16.1. The summed E-state index contributed by atoms with van der Waals surface area (Å²) < 4.78 is 11.7. The van der Waals surface area contributed by atoms with E-state index >= 15 is 0 Å². The maximum absolute atomic E-state index is 12.9. The summed E-state index contributed by atoms with van der Waals surface area (Å²) in [6, 6.07) is 18.9. The molecule has 7 nitrogen and oxygen atoms in total. The average molecular weight is 414 g/mol. The number of amides is 1. The van der Waals surface area contributed by atoms with Gasteiger partial charge in [-0.05, 0) is 49.2 Å². The van der Waals surface area contributed by atoms with Gasteiger partial charge in [-0.2, -0.15) is 5.26 Å². The summed E-state index contributed by atoms with van der Waals surface area (Å²) in [6.07, 6.45) is 2.14. The highest BCUT2D eigenvalue weighted by Gasteiger charge is 2.33. The average Bonchev–Trinajstić information content (AvgIpc) is 3.58. The van der Waals surface area contributed by atoms with E-state index in [2.05, 4.69) is 11.1 Å². The van der Waals surface area contributed by atoms with Crippen LogP contribution in [0.3, 0.4) is 0 Å². The van der Waals surface area contributed by atoms with Crippen LogP contribution in [-0.2, 0) is 0 Å². The molecule has 1 amide bonds. The summed E-state index contributed by atoms with van der Waals surface area (Å²) in [4.78, 5) is 21.1. The summed E-state index contributed by atoms with van der Waals surface area (Å²) in [5.74, 6) is 3.00. The number of nitriles is 1. The fourth-order valence-electron chi connectivity index (χ4n) is 3.71. The lowest BCUT2D eigenvalue weighted by Crippen LogP contribution is -2.48. The standard InChI is InChI=1S/C24H22N4O3/c25-16-21-24(31-22(26-21)17-6-7-17)28-14-12-27(13-15-28)23(29)18-8-10-20(11-9-18)30-19-4-2-1-3-5-19/h1-5,8-11,17H,6-7,12-15H2. The number of oxazole rings is 1. The van der Waals surface area contributed by atoms with Gasteiger partial charge in [-0.3, -0.25) is 4.79 Å². The Morgan fingerprint density at radius 3 is 2.32 bits per heavy atom. The molecular weight excluding hydrogens is 392 g/mol. The zero-order valence-corrected chi connectivity index (χ0v) is 17.0. The number of nitrogens with zero attached hydrogens (tertiary/aromatic N) is 4. The van der Waals surface area contributed by atoms with Crippen LogP contribution < -0.4 is 9.64 Å². The molecule has 0 radical (unpaired) electrons. The summed E-state index contributed by atoms with van der Waals surface area (Å²) in [6.45, 7) is 2.33. The molecule has 1 saturated heterocycles. The highest BCUT2D eigenvalue weighted by Crippen LogP contribution is 2.41. The summed E-state index contributed by atoms with van der Waals surface area (Å²) in [7, 11) is 0. The van der Waals surface area contributed by atoms with Crippen molar-refractivity contribution in [1.82, 2.24) is 9.88 Å². The SMILES string of the molecule is N#Cc1nc(C2CC2)oc1N1CCN(C(=O)c2ccc(Oc3ccccc3)cc2)CC1. The smallest absolute Gasteiger partial charge is 0.253 e. The van der Waals surface area contributed by atoms with E-state index in [0.717, 1.165) is 18.6 Å². The molecule has 1 aliphatic carbocycles. The van der Waals surface area contributed by atoms with Crippen molar-refractivity contribution in [2.45, 2.75) is 18.8 Å². The summed E-state index contributed by atoms with van der Waals surface area (Å²) >= 11 is 0. The molecule has 31 heavy (non-hydrogen) atoms. The van der Waals surface area contributed by atoms with Crippen molar-refractivity contribution in [2.75, 3.05) is 31.1 Å². The van der Waals surface area contributed by atoms with Crippen LogP contribution in [0.5, 0.6) is 11.5 Å². The second kappa shape index (κ2) is 8.15. The van der Waals surface area contributed by atoms with E-state index in [0.29, 0.717) is 60.9 Å². The number of rotatable bonds is 5. The Balaban J connectivity index is 1.21. The van der Waals surface area contributed by atoms with Crippen molar-refractivity contribution in [1.29, 1.82) is 5.26 Å². The Labute approximate surface area is 180 Å². The Bertz CT molecular complexity index is 1110. The first-order valence-electron chi connectivity index (χ1n) is 10.5. The minimum Gasteiger partial charge on any atom is -0.457 e. The van der Waals surface area contributed by atoms with Gasteiger partial charge in [-0.25, -0.2) is 4.98 Å². The molecule has 2 heterocycles. The molecule has 0 bridgehead atoms. The topological polar surface area (TPSA) is 82.6 Å². The van der Waals surface area contributed by atoms with Crippen LogP contribution in [0.1, 0.15) is 40.7 Å². The van der Waals surface area contributed by atoms with E-state index in [1.54, 1.807) is 12.1 Å². The Hall–Kier alpha value is -3.79. The van der Waals surface area contributed by atoms with Crippen LogP contribution in [0.15, 0.2) is 59.0 Å². The van der Waals surface area contributed by atoms with Crippen LogP contribution in [0.4, 0.5) is 5.88 Å². The number of carbonyl (C=O) groups is 1. The highest BCUT2D eigenvalue weighted by atomic mass is 16.5. The summed E-state index contributed by atoms with van der Waals surface area (Å²) in [5, 5.41) is 9.40.